The van der Waals surface area contributed by atoms with Gasteiger partial charge in [0.1, 0.15) is 5.69 Å². The number of carbonyl (C=O) groups is 1. The van der Waals surface area contributed by atoms with Gasteiger partial charge in [0.15, 0.2) is 11.6 Å². The Morgan fingerprint density at radius 1 is 1.04 bits per heavy atom. The van der Waals surface area contributed by atoms with Gasteiger partial charge in [0.05, 0.1) is 23.2 Å². The van der Waals surface area contributed by atoms with Gasteiger partial charge in [-0.15, -0.1) is 0 Å². The number of nitriles is 1. The van der Waals surface area contributed by atoms with E-state index < -0.39 is 17.0 Å². The summed E-state index contributed by atoms with van der Waals surface area (Å²) in [7, 11) is 0. The molecule has 28 heavy (non-hydrogen) atoms. The molecule has 150 valence electrons. The van der Waals surface area contributed by atoms with E-state index in [1.54, 1.807) is 11.0 Å². The molecule has 0 unspecified atom stereocenters. The van der Waals surface area contributed by atoms with Crippen LogP contribution in [0.25, 0.3) is 0 Å². The second kappa shape index (κ2) is 7.32. The number of rotatable bonds is 2. The second-order valence-corrected chi connectivity index (χ2v) is 8.38. The van der Waals surface area contributed by atoms with Crippen LogP contribution < -0.4 is 4.90 Å². The van der Waals surface area contributed by atoms with Crippen LogP contribution in [-0.2, 0) is 4.79 Å². The molecule has 0 radical (unpaired) electrons. The number of anilines is 1. The molecular weight excluding hydrogens is 364 g/mol. The Kier molecular flexibility index (Phi) is 5.00. The average Bonchev–Trinajstić information content (AvgIpc) is 2.99. The zero-order valence-electron chi connectivity index (χ0n) is 15.8. The molecule has 1 aromatic carbocycles. The topological polar surface area (TPSA) is 67.6 Å². The van der Waals surface area contributed by atoms with Crippen LogP contribution >= 0.6 is 0 Å². The summed E-state index contributed by atoms with van der Waals surface area (Å²) < 4.78 is 28.7. The van der Waals surface area contributed by atoms with E-state index in [4.69, 9.17) is 5.26 Å². The molecule has 7 heteroatoms. The molecule has 0 atom stereocenters. The van der Waals surface area contributed by atoms with Crippen molar-refractivity contribution in [2.75, 3.05) is 24.5 Å². The number of likely N-dealkylation sites (tertiary alicyclic amines) is 1. The largest absolute Gasteiger partial charge is 0.393 e. The standard InChI is InChI=1S/C21H25F2N3O2/c22-17-11-14(13-24)12-18(23)19(17)25-8-5-21(6-9-25)7-10-26(20(21)28)15-1-3-16(27)4-2-15/h11-12,15-16,27H,1-10H2. The van der Waals surface area contributed by atoms with E-state index in [1.165, 1.54) is 0 Å². The fraction of sp³-hybridized carbons (Fsp3) is 0.619. The van der Waals surface area contributed by atoms with Crippen LogP contribution in [0.3, 0.4) is 0 Å². The van der Waals surface area contributed by atoms with Crippen LogP contribution in [0.2, 0.25) is 0 Å². The number of nitrogens with zero attached hydrogens (tertiary/aromatic N) is 3. The summed E-state index contributed by atoms with van der Waals surface area (Å²) in [6.45, 7) is 1.57. The molecule has 2 heterocycles. The third-order valence-corrected chi connectivity index (χ3v) is 6.84. The Hall–Kier alpha value is -2.20. The highest BCUT2D eigenvalue weighted by atomic mass is 19.1. The molecule has 3 aliphatic rings. The van der Waals surface area contributed by atoms with Crippen molar-refractivity contribution in [1.29, 1.82) is 5.26 Å². The first-order chi connectivity index (χ1) is 13.4. The number of carbonyl (C=O) groups excluding carboxylic acids is 1. The summed E-state index contributed by atoms with van der Waals surface area (Å²) in [5.74, 6) is -1.28. The van der Waals surface area contributed by atoms with E-state index in [-0.39, 0.29) is 29.3 Å². The van der Waals surface area contributed by atoms with Crippen LogP contribution in [0.4, 0.5) is 14.5 Å². The maximum absolute atomic E-state index is 14.3. The first-order valence-corrected chi connectivity index (χ1v) is 10.1. The normalized spacial score (nSPS) is 27.3. The summed E-state index contributed by atoms with van der Waals surface area (Å²) >= 11 is 0. The average molecular weight is 389 g/mol. The summed E-state index contributed by atoms with van der Waals surface area (Å²) in [4.78, 5) is 16.8. The van der Waals surface area contributed by atoms with Crippen LogP contribution in [0.15, 0.2) is 12.1 Å². The smallest absolute Gasteiger partial charge is 0.229 e. The lowest BCUT2D eigenvalue weighted by Crippen LogP contribution is -2.47. The van der Waals surface area contributed by atoms with E-state index in [0.717, 1.165) is 50.8 Å². The summed E-state index contributed by atoms with van der Waals surface area (Å²) in [5, 5.41) is 18.6. The predicted molar refractivity (Wildman–Crippen MR) is 99.5 cm³/mol. The summed E-state index contributed by atoms with van der Waals surface area (Å²) in [6, 6.07) is 4.09. The molecule has 0 aromatic heterocycles. The molecular formula is C21H25F2N3O2. The number of piperidine rings is 1. The van der Waals surface area contributed by atoms with Crippen molar-refractivity contribution < 1.29 is 18.7 Å². The monoisotopic (exact) mass is 389 g/mol. The Bertz CT molecular complexity index is 783. The quantitative estimate of drug-likeness (QED) is 0.845. The lowest BCUT2D eigenvalue weighted by atomic mass is 9.76. The predicted octanol–water partition coefficient (Wildman–Crippen LogP) is 2.96. The van der Waals surface area contributed by atoms with Gasteiger partial charge < -0.3 is 14.9 Å². The van der Waals surface area contributed by atoms with Gasteiger partial charge in [-0.2, -0.15) is 5.26 Å². The van der Waals surface area contributed by atoms with Crippen molar-refractivity contribution in [2.24, 2.45) is 5.41 Å². The van der Waals surface area contributed by atoms with Gasteiger partial charge in [0.2, 0.25) is 5.91 Å². The lowest BCUT2D eigenvalue weighted by Gasteiger charge is -2.40. The van der Waals surface area contributed by atoms with Gasteiger partial charge in [-0.3, -0.25) is 4.79 Å². The van der Waals surface area contributed by atoms with Gasteiger partial charge in [-0.25, -0.2) is 8.78 Å². The van der Waals surface area contributed by atoms with Crippen molar-refractivity contribution >= 4 is 11.6 Å². The highest BCUT2D eigenvalue weighted by molar-refractivity contribution is 5.85. The Labute approximate surface area is 163 Å². The summed E-state index contributed by atoms with van der Waals surface area (Å²) in [6.07, 6.45) is 4.87. The first kappa shape index (κ1) is 19.1. The third-order valence-electron chi connectivity index (χ3n) is 6.84. The van der Waals surface area contributed by atoms with Gasteiger partial charge in [0.25, 0.3) is 0 Å². The van der Waals surface area contributed by atoms with Crippen molar-refractivity contribution in [3.63, 3.8) is 0 Å². The minimum Gasteiger partial charge on any atom is -0.393 e. The molecule has 1 aromatic rings. The molecule has 2 saturated heterocycles. The van der Waals surface area contributed by atoms with Crippen molar-refractivity contribution in [3.05, 3.63) is 29.3 Å². The highest BCUT2D eigenvalue weighted by Crippen LogP contribution is 2.44. The molecule has 3 fully saturated rings. The fourth-order valence-electron chi connectivity index (χ4n) is 5.12. The Morgan fingerprint density at radius 3 is 2.18 bits per heavy atom. The molecule has 1 aliphatic carbocycles. The minimum absolute atomic E-state index is 0.0357. The van der Waals surface area contributed by atoms with Gasteiger partial charge in [0, 0.05) is 25.7 Å². The van der Waals surface area contributed by atoms with Crippen LogP contribution in [0, 0.1) is 28.4 Å². The number of aliphatic hydroxyl groups is 1. The number of aliphatic hydroxyl groups excluding tert-OH is 1. The van der Waals surface area contributed by atoms with Crippen LogP contribution in [0.5, 0.6) is 0 Å². The zero-order chi connectivity index (χ0) is 19.9. The maximum atomic E-state index is 14.3. The number of benzene rings is 1. The van der Waals surface area contributed by atoms with Crippen molar-refractivity contribution in [3.8, 4) is 6.07 Å². The summed E-state index contributed by atoms with van der Waals surface area (Å²) in [5.41, 5.74) is -0.560. The van der Waals surface area contributed by atoms with Crippen LogP contribution in [0.1, 0.15) is 50.5 Å². The molecule has 1 spiro atoms. The molecule has 1 amide bonds. The van der Waals surface area contributed by atoms with E-state index in [2.05, 4.69) is 0 Å². The lowest BCUT2D eigenvalue weighted by molar-refractivity contribution is -0.139. The van der Waals surface area contributed by atoms with E-state index in [0.29, 0.717) is 25.9 Å². The number of hydrogen-bond acceptors (Lipinski definition) is 4. The molecule has 1 saturated carbocycles. The van der Waals surface area contributed by atoms with E-state index in [1.807, 2.05) is 4.90 Å². The number of hydrogen-bond donors (Lipinski definition) is 1. The molecule has 0 bridgehead atoms. The van der Waals surface area contributed by atoms with Gasteiger partial charge >= 0.3 is 0 Å². The van der Waals surface area contributed by atoms with Gasteiger partial charge in [-0.05, 0) is 57.1 Å². The van der Waals surface area contributed by atoms with Crippen LogP contribution in [-0.4, -0.2) is 47.7 Å². The molecule has 5 nitrogen and oxygen atoms in total. The van der Waals surface area contributed by atoms with Crippen molar-refractivity contribution in [2.45, 2.75) is 57.1 Å². The first-order valence-electron chi connectivity index (χ1n) is 10.1. The van der Waals surface area contributed by atoms with Gasteiger partial charge in [-0.1, -0.05) is 0 Å². The second-order valence-electron chi connectivity index (χ2n) is 8.38. The maximum Gasteiger partial charge on any atom is 0.229 e. The molecule has 1 N–H and O–H groups in total. The minimum atomic E-state index is -0.729. The zero-order valence-corrected chi connectivity index (χ0v) is 15.8. The van der Waals surface area contributed by atoms with E-state index >= 15 is 0 Å². The SMILES string of the molecule is N#Cc1cc(F)c(N2CCC3(CC2)CCN(C2CCC(O)CC2)C3=O)c(F)c1. The number of halogens is 2. The fourth-order valence-corrected chi connectivity index (χ4v) is 5.12. The molecule has 4 rings (SSSR count). The Morgan fingerprint density at radius 2 is 1.61 bits per heavy atom. The molecule has 2 aliphatic heterocycles. The van der Waals surface area contributed by atoms with E-state index in [9.17, 15) is 18.7 Å². The number of amides is 1. The third kappa shape index (κ3) is 3.24. The highest BCUT2D eigenvalue weighted by Gasteiger charge is 2.50. The Balaban J connectivity index is 1.44. The van der Waals surface area contributed by atoms with Crippen molar-refractivity contribution in [1.82, 2.24) is 4.90 Å².